The number of hydrogen-bond donors (Lipinski definition) is 0. The fraction of sp³-hybridized carbons (Fsp3) is 0.500. The monoisotopic (exact) mass is 217 g/mol. The molecule has 0 bridgehead atoms. The number of nitrogens with zero attached hydrogens (tertiary/aromatic N) is 1. The number of hydrogen-bond acceptors (Lipinski definition) is 2. The number of rotatable bonds is 1. The van der Waals surface area contributed by atoms with E-state index in [1.807, 2.05) is 12.1 Å². The van der Waals surface area contributed by atoms with E-state index in [9.17, 15) is 4.79 Å². The maximum absolute atomic E-state index is 11.7. The molecule has 1 aromatic rings. The Kier molecular flexibility index (Phi) is 2.53. The lowest BCUT2D eigenvalue weighted by atomic mass is 10.0. The van der Waals surface area contributed by atoms with Crippen LogP contribution >= 0.6 is 0 Å². The molecule has 0 saturated heterocycles. The van der Waals surface area contributed by atoms with Gasteiger partial charge in [0.15, 0.2) is 5.78 Å². The molecule has 1 aromatic carbocycles. The number of carbonyl (C=O) groups excluding carboxylic acids is 1. The van der Waals surface area contributed by atoms with Gasteiger partial charge in [0.05, 0.1) is 6.04 Å². The van der Waals surface area contributed by atoms with E-state index >= 15 is 0 Å². The van der Waals surface area contributed by atoms with Crippen LogP contribution in [0.4, 0.5) is 5.69 Å². The minimum Gasteiger partial charge on any atom is -0.356 e. The van der Waals surface area contributed by atoms with E-state index in [1.165, 1.54) is 11.3 Å². The molecule has 1 aliphatic heterocycles. The van der Waals surface area contributed by atoms with Crippen LogP contribution in [0.3, 0.4) is 0 Å². The molecule has 1 atom stereocenters. The van der Waals surface area contributed by atoms with Gasteiger partial charge in [-0.2, -0.15) is 0 Å². The number of benzene rings is 1. The number of Topliss-reactive ketones (excluding diaryl/α,β-unsaturated/α-hetero) is 1. The first-order valence-electron chi connectivity index (χ1n) is 5.79. The van der Waals surface area contributed by atoms with Crippen molar-refractivity contribution in [3.63, 3.8) is 0 Å². The van der Waals surface area contributed by atoms with Crippen molar-refractivity contribution in [1.29, 1.82) is 0 Å². The van der Waals surface area contributed by atoms with Gasteiger partial charge in [0, 0.05) is 17.6 Å². The fourth-order valence-corrected chi connectivity index (χ4v) is 2.54. The van der Waals surface area contributed by atoms with E-state index in [1.54, 1.807) is 6.92 Å². The summed E-state index contributed by atoms with van der Waals surface area (Å²) < 4.78 is 0. The lowest BCUT2D eigenvalue weighted by molar-refractivity contribution is -0.118. The summed E-state index contributed by atoms with van der Waals surface area (Å²) >= 11 is 0. The number of ketones is 1. The summed E-state index contributed by atoms with van der Waals surface area (Å²) in [7, 11) is 0. The lowest BCUT2D eigenvalue weighted by Crippen LogP contribution is -2.49. The molecule has 0 N–H and O–H groups in total. The Morgan fingerprint density at radius 2 is 1.94 bits per heavy atom. The Labute approximate surface area is 97.3 Å². The molecular weight excluding hydrogens is 198 g/mol. The Hall–Kier alpha value is -1.31. The molecular formula is C14H19NO. The molecule has 0 spiro atoms. The van der Waals surface area contributed by atoms with Crippen LogP contribution in [0.2, 0.25) is 0 Å². The predicted octanol–water partition coefficient (Wildman–Crippen LogP) is 2.81. The predicted molar refractivity (Wildman–Crippen MR) is 66.8 cm³/mol. The van der Waals surface area contributed by atoms with Crippen LogP contribution in [0.1, 0.15) is 33.3 Å². The molecule has 1 heterocycles. The van der Waals surface area contributed by atoms with E-state index in [-0.39, 0.29) is 17.4 Å². The fourth-order valence-electron chi connectivity index (χ4n) is 2.54. The highest BCUT2D eigenvalue weighted by atomic mass is 16.1. The smallest absolute Gasteiger partial charge is 0.152 e. The molecule has 0 saturated carbocycles. The number of anilines is 1. The Balaban J connectivity index is 2.48. The molecule has 0 aliphatic carbocycles. The summed E-state index contributed by atoms with van der Waals surface area (Å²) in [5.74, 6) is 0.256. The number of fused-ring (bicyclic) bond motifs is 1. The third-order valence-electron chi connectivity index (χ3n) is 3.17. The second kappa shape index (κ2) is 3.62. The highest BCUT2D eigenvalue weighted by molar-refractivity contribution is 5.88. The molecule has 0 amide bonds. The second-order valence-electron chi connectivity index (χ2n) is 5.50. The van der Waals surface area contributed by atoms with Crippen molar-refractivity contribution >= 4 is 11.5 Å². The molecule has 86 valence electrons. The van der Waals surface area contributed by atoms with Crippen molar-refractivity contribution in [2.75, 3.05) is 4.90 Å². The van der Waals surface area contributed by atoms with E-state index in [4.69, 9.17) is 0 Å². The topological polar surface area (TPSA) is 20.3 Å². The van der Waals surface area contributed by atoms with Crippen molar-refractivity contribution in [3.05, 3.63) is 29.8 Å². The van der Waals surface area contributed by atoms with E-state index in [0.29, 0.717) is 0 Å². The van der Waals surface area contributed by atoms with Crippen LogP contribution in [0.25, 0.3) is 0 Å². The Morgan fingerprint density at radius 1 is 1.31 bits per heavy atom. The summed E-state index contributed by atoms with van der Waals surface area (Å²) in [6.45, 7) is 8.16. The zero-order valence-electron chi connectivity index (χ0n) is 10.4. The van der Waals surface area contributed by atoms with E-state index < -0.39 is 0 Å². The van der Waals surface area contributed by atoms with Gasteiger partial charge in [-0.05, 0) is 39.3 Å². The zero-order chi connectivity index (χ0) is 11.9. The van der Waals surface area contributed by atoms with Crippen molar-refractivity contribution in [2.24, 2.45) is 0 Å². The average Bonchev–Trinajstić information content (AvgIpc) is 2.55. The zero-order valence-corrected chi connectivity index (χ0v) is 10.4. The van der Waals surface area contributed by atoms with Crippen LogP contribution in [-0.2, 0) is 11.2 Å². The number of para-hydroxylation sites is 1. The van der Waals surface area contributed by atoms with Crippen molar-refractivity contribution in [1.82, 2.24) is 0 Å². The first-order valence-corrected chi connectivity index (χ1v) is 5.79. The van der Waals surface area contributed by atoms with Crippen molar-refractivity contribution < 1.29 is 4.79 Å². The van der Waals surface area contributed by atoms with Gasteiger partial charge in [-0.25, -0.2) is 0 Å². The largest absolute Gasteiger partial charge is 0.356 e. The first kappa shape index (κ1) is 11.2. The minimum absolute atomic E-state index is 0.0110. The lowest BCUT2D eigenvalue weighted by Gasteiger charge is -2.38. The molecule has 2 rings (SSSR count). The maximum Gasteiger partial charge on any atom is 0.152 e. The van der Waals surface area contributed by atoms with Crippen LogP contribution in [0, 0.1) is 0 Å². The number of carbonyl (C=O) groups is 1. The quantitative estimate of drug-likeness (QED) is 0.721. The summed E-state index contributed by atoms with van der Waals surface area (Å²) in [6, 6.07) is 8.33. The maximum atomic E-state index is 11.7. The standard InChI is InChI=1S/C14H19NO/c1-10(16)13-9-11-7-5-6-8-12(11)15(13)14(2,3)4/h5-8,13H,9H2,1-4H3. The van der Waals surface area contributed by atoms with Gasteiger partial charge >= 0.3 is 0 Å². The summed E-state index contributed by atoms with van der Waals surface area (Å²) in [5, 5.41) is 0. The van der Waals surface area contributed by atoms with Gasteiger partial charge in [0.2, 0.25) is 0 Å². The highest BCUT2D eigenvalue weighted by Crippen LogP contribution is 2.37. The summed E-state index contributed by atoms with van der Waals surface area (Å²) in [5.41, 5.74) is 2.50. The first-order chi connectivity index (χ1) is 7.41. The van der Waals surface area contributed by atoms with Gasteiger partial charge in [-0.3, -0.25) is 4.79 Å². The molecule has 16 heavy (non-hydrogen) atoms. The summed E-state index contributed by atoms with van der Waals surface area (Å²) in [6.07, 6.45) is 0.850. The van der Waals surface area contributed by atoms with E-state index in [0.717, 1.165) is 6.42 Å². The third kappa shape index (κ3) is 1.73. The van der Waals surface area contributed by atoms with Crippen molar-refractivity contribution in [2.45, 2.75) is 45.7 Å². The molecule has 0 aromatic heterocycles. The third-order valence-corrected chi connectivity index (χ3v) is 3.17. The highest BCUT2D eigenvalue weighted by Gasteiger charge is 2.38. The SMILES string of the molecule is CC(=O)C1Cc2ccccc2N1C(C)(C)C. The molecule has 0 radical (unpaired) electrons. The second-order valence-corrected chi connectivity index (χ2v) is 5.50. The van der Waals surface area contributed by atoms with Crippen LogP contribution in [0.15, 0.2) is 24.3 Å². The molecule has 0 fully saturated rings. The van der Waals surface area contributed by atoms with Gasteiger partial charge in [0.25, 0.3) is 0 Å². The Bertz CT molecular complexity index is 417. The van der Waals surface area contributed by atoms with Crippen LogP contribution < -0.4 is 4.90 Å². The summed E-state index contributed by atoms with van der Waals surface area (Å²) in [4.78, 5) is 14.0. The molecule has 2 heteroatoms. The average molecular weight is 217 g/mol. The van der Waals surface area contributed by atoms with Gasteiger partial charge in [0.1, 0.15) is 0 Å². The van der Waals surface area contributed by atoms with Crippen LogP contribution in [-0.4, -0.2) is 17.4 Å². The molecule has 2 nitrogen and oxygen atoms in total. The van der Waals surface area contributed by atoms with Crippen LogP contribution in [0.5, 0.6) is 0 Å². The minimum atomic E-state index is -0.0110. The van der Waals surface area contributed by atoms with E-state index in [2.05, 4.69) is 37.8 Å². The molecule has 1 unspecified atom stereocenters. The van der Waals surface area contributed by atoms with Gasteiger partial charge in [-0.15, -0.1) is 0 Å². The Morgan fingerprint density at radius 3 is 2.50 bits per heavy atom. The van der Waals surface area contributed by atoms with Gasteiger partial charge < -0.3 is 4.90 Å². The molecule has 1 aliphatic rings. The van der Waals surface area contributed by atoms with Crippen molar-refractivity contribution in [3.8, 4) is 0 Å². The van der Waals surface area contributed by atoms with Gasteiger partial charge in [-0.1, -0.05) is 18.2 Å². The normalized spacial score (nSPS) is 19.8.